The summed E-state index contributed by atoms with van der Waals surface area (Å²) in [6.07, 6.45) is 1.38. The molecule has 0 atom stereocenters. The van der Waals surface area contributed by atoms with E-state index in [2.05, 4.69) is 5.32 Å². The molecule has 0 spiro atoms. The summed E-state index contributed by atoms with van der Waals surface area (Å²) in [6.45, 7) is 3.96. The van der Waals surface area contributed by atoms with Crippen LogP contribution in [0.3, 0.4) is 0 Å². The maximum absolute atomic E-state index is 11.3. The molecule has 0 aliphatic heterocycles. The first-order valence-electron chi connectivity index (χ1n) is 5.68. The molecule has 17 heavy (non-hydrogen) atoms. The number of ether oxygens (including phenoxy) is 1. The zero-order valence-corrected chi connectivity index (χ0v) is 10.2. The van der Waals surface area contributed by atoms with E-state index in [0.717, 1.165) is 12.8 Å². The van der Waals surface area contributed by atoms with Gasteiger partial charge in [-0.25, -0.2) is 4.79 Å². The van der Waals surface area contributed by atoms with Crippen molar-refractivity contribution < 1.29 is 14.3 Å². The van der Waals surface area contributed by atoms with Crippen LogP contribution in [0.4, 0.5) is 10.5 Å². The molecule has 0 fully saturated rings. The van der Waals surface area contributed by atoms with Crippen molar-refractivity contribution in [3.05, 3.63) is 29.8 Å². The van der Waals surface area contributed by atoms with Gasteiger partial charge in [0.1, 0.15) is 0 Å². The lowest BCUT2D eigenvalue weighted by Gasteiger charge is -2.06. The summed E-state index contributed by atoms with van der Waals surface area (Å²) in [4.78, 5) is 22.3. The fraction of sp³-hybridized carbons (Fsp3) is 0.385. The van der Waals surface area contributed by atoms with Crippen LogP contribution in [0.2, 0.25) is 0 Å². The van der Waals surface area contributed by atoms with Crippen LogP contribution >= 0.6 is 0 Å². The Hall–Kier alpha value is -1.84. The maximum atomic E-state index is 11.3. The number of anilines is 1. The summed E-state index contributed by atoms with van der Waals surface area (Å²) in [7, 11) is 0. The normalized spacial score (nSPS) is 9.76. The van der Waals surface area contributed by atoms with Gasteiger partial charge < -0.3 is 4.74 Å². The van der Waals surface area contributed by atoms with Gasteiger partial charge in [-0.15, -0.1) is 0 Å². The van der Waals surface area contributed by atoms with Gasteiger partial charge in [0.2, 0.25) is 0 Å². The third-order valence-corrected chi connectivity index (χ3v) is 2.27. The van der Waals surface area contributed by atoms with Crippen LogP contribution in [0.5, 0.6) is 0 Å². The minimum Gasteiger partial charge on any atom is -0.449 e. The van der Waals surface area contributed by atoms with Crippen molar-refractivity contribution in [1.29, 1.82) is 0 Å². The zero-order valence-electron chi connectivity index (χ0n) is 10.2. The van der Waals surface area contributed by atoms with E-state index in [-0.39, 0.29) is 5.78 Å². The van der Waals surface area contributed by atoms with Crippen molar-refractivity contribution in [2.45, 2.75) is 26.7 Å². The van der Waals surface area contributed by atoms with Gasteiger partial charge in [-0.05, 0) is 37.6 Å². The van der Waals surface area contributed by atoms with E-state index in [4.69, 9.17) is 4.74 Å². The van der Waals surface area contributed by atoms with Gasteiger partial charge in [0.05, 0.1) is 6.61 Å². The standard InChI is InChI=1S/C13H17NO3/c1-3-4-9-17-13(16)14-12-7-5-11(6-8-12)10(2)15/h5-8H,3-4,9H2,1-2H3,(H,14,16). The number of ketones is 1. The number of unbranched alkanes of at least 4 members (excludes halogenated alkanes) is 1. The van der Waals surface area contributed by atoms with Gasteiger partial charge in [0.25, 0.3) is 0 Å². The predicted octanol–water partition coefficient (Wildman–Crippen LogP) is 3.24. The molecular weight excluding hydrogens is 218 g/mol. The van der Waals surface area contributed by atoms with E-state index >= 15 is 0 Å². The number of Topliss-reactive ketones (excluding diaryl/α,β-unsaturated/α-hetero) is 1. The number of hydrogen-bond donors (Lipinski definition) is 1. The van der Waals surface area contributed by atoms with Gasteiger partial charge in [-0.1, -0.05) is 13.3 Å². The molecule has 0 saturated carbocycles. The lowest BCUT2D eigenvalue weighted by atomic mass is 10.1. The Bertz CT molecular complexity index is 384. The van der Waals surface area contributed by atoms with Crippen molar-refractivity contribution in [3.63, 3.8) is 0 Å². The number of carbonyl (C=O) groups is 2. The lowest BCUT2D eigenvalue weighted by Crippen LogP contribution is -2.14. The Labute approximate surface area is 101 Å². The molecule has 0 aromatic heterocycles. The highest BCUT2D eigenvalue weighted by molar-refractivity contribution is 5.94. The second-order valence-electron chi connectivity index (χ2n) is 3.75. The van der Waals surface area contributed by atoms with Crippen LogP contribution in [0.25, 0.3) is 0 Å². The Balaban J connectivity index is 2.46. The summed E-state index contributed by atoms with van der Waals surface area (Å²) in [6, 6.07) is 6.70. The Morgan fingerprint density at radius 1 is 1.24 bits per heavy atom. The molecule has 0 saturated heterocycles. The van der Waals surface area contributed by atoms with Crippen LogP contribution in [0.1, 0.15) is 37.0 Å². The fourth-order valence-corrected chi connectivity index (χ4v) is 1.25. The average Bonchev–Trinajstić information content (AvgIpc) is 2.30. The molecule has 1 aromatic carbocycles. The minimum atomic E-state index is -0.464. The zero-order chi connectivity index (χ0) is 12.7. The molecule has 1 aromatic rings. The van der Waals surface area contributed by atoms with Crippen molar-refractivity contribution in [2.75, 3.05) is 11.9 Å². The van der Waals surface area contributed by atoms with Gasteiger partial charge in [-0.2, -0.15) is 0 Å². The summed E-state index contributed by atoms with van der Waals surface area (Å²) in [5.74, 6) is 0.00192. The summed E-state index contributed by atoms with van der Waals surface area (Å²) in [5, 5.41) is 2.59. The SMILES string of the molecule is CCCCOC(=O)Nc1ccc(C(C)=O)cc1. The third-order valence-electron chi connectivity index (χ3n) is 2.27. The molecule has 0 radical (unpaired) electrons. The molecule has 0 unspecified atom stereocenters. The number of hydrogen-bond acceptors (Lipinski definition) is 3. The van der Waals surface area contributed by atoms with Crippen LogP contribution < -0.4 is 5.32 Å². The summed E-state index contributed by atoms with van der Waals surface area (Å²) >= 11 is 0. The molecule has 0 aliphatic rings. The van der Waals surface area contributed by atoms with Gasteiger partial charge in [0.15, 0.2) is 5.78 Å². The maximum Gasteiger partial charge on any atom is 0.411 e. The van der Waals surface area contributed by atoms with Gasteiger partial charge >= 0.3 is 6.09 Å². The van der Waals surface area contributed by atoms with Crippen molar-refractivity contribution in [1.82, 2.24) is 0 Å². The van der Waals surface area contributed by atoms with Crippen molar-refractivity contribution in [3.8, 4) is 0 Å². The Kier molecular flexibility index (Phi) is 5.20. The van der Waals surface area contributed by atoms with Crippen molar-refractivity contribution >= 4 is 17.6 Å². The molecular formula is C13H17NO3. The molecule has 0 bridgehead atoms. The number of nitrogens with one attached hydrogen (secondary N) is 1. The quantitative estimate of drug-likeness (QED) is 0.629. The topological polar surface area (TPSA) is 55.4 Å². The first kappa shape index (κ1) is 13.2. The highest BCUT2D eigenvalue weighted by atomic mass is 16.5. The molecule has 4 heteroatoms. The molecule has 92 valence electrons. The number of amides is 1. The fourth-order valence-electron chi connectivity index (χ4n) is 1.25. The smallest absolute Gasteiger partial charge is 0.411 e. The molecule has 4 nitrogen and oxygen atoms in total. The second-order valence-corrected chi connectivity index (χ2v) is 3.75. The van der Waals surface area contributed by atoms with E-state index in [1.165, 1.54) is 6.92 Å². The number of carbonyl (C=O) groups excluding carboxylic acids is 2. The number of benzene rings is 1. The van der Waals surface area contributed by atoms with Crippen LogP contribution in [-0.2, 0) is 4.74 Å². The van der Waals surface area contributed by atoms with Crippen LogP contribution in [0.15, 0.2) is 24.3 Å². The average molecular weight is 235 g/mol. The van der Waals surface area contributed by atoms with Crippen molar-refractivity contribution in [2.24, 2.45) is 0 Å². The van der Waals surface area contributed by atoms with E-state index in [9.17, 15) is 9.59 Å². The highest BCUT2D eigenvalue weighted by Gasteiger charge is 2.03. The monoisotopic (exact) mass is 235 g/mol. The highest BCUT2D eigenvalue weighted by Crippen LogP contribution is 2.10. The summed E-state index contributed by atoms with van der Waals surface area (Å²) < 4.78 is 4.95. The molecule has 0 heterocycles. The molecule has 1 amide bonds. The van der Waals surface area contributed by atoms with Gasteiger partial charge in [-0.3, -0.25) is 10.1 Å². The molecule has 0 aliphatic carbocycles. The number of rotatable bonds is 5. The lowest BCUT2D eigenvalue weighted by molar-refractivity contribution is 0.101. The Morgan fingerprint density at radius 3 is 2.41 bits per heavy atom. The van der Waals surface area contributed by atoms with E-state index < -0.39 is 6.09 Å². The predicted molar refractivity (Wildman–Crippen MR) is 66.3 cm³/mol. The minimum absolute atomic E-state index is 0.00192. The van der Waals surface area contributed by atoms with E-state index in [1.54, 1.807) is 24.3 Å². The van der Waals surface area contributed by atoms with E-state index in [1.807, 2.05) is 6.92 Å². The molecule has 1 N–H and O–H groups in total. The third kappa shape index (κ3) is 4.68. The van der Waals surface area contributed by atoms with Crippen LogP contribution in [0, 0.1) is 0 Å². The molecule has 1 rings (SSSR count). The first-order chi connectivity index (χ1) is 8.13. The second kappa shape index (κ2) is 6.68. The largest absolute Gasteiger partial charge is 0.449 e. The first-order valence-corrected chi connectivity index (χ1v) is 5.68. The Morgan fingerprint density at radius 2 is 1.88 bits per heavy atom. The summed E-state index contributed by atoms with van der Waals surface area (Å²) in [5.41, 5.74) is 1.24. The van der Waals surface area contributed by atoms with Gasteiger partial charge in [0, 0.05) is 11.3 Å². The van der Waals surface area contributed by atoms with E-state index in [0.29, 0.717) is 17.9 Å². The van der Waals surface area contributed by atoms with Crippen LogP contribution in [-0.4, -0.2) is 18.5 Å².